The SMILES string of the molecule is CN(Cc1ccc(-c2ccccc2C(F)(F)F)c(Cl)c1)CC(O)c1ccc(Cl)cc1. The largest absolute Gasteiger partial charge is 0.417 e. The van der Waals surface area contributed by atoms with Crippen molar-refractivity contribution in [3.8, 4) is 11.1 Å². The number of hydrogen-bond acceptors (Lipinski definition) is 2. The molecule has 0 aromatic heterocycles. The fraction of sp³-hybridized carbons (Fsp3) is 0.217. The normalized spacial score (nSPS) is 12.9. The third-order valence-corrected chi connectivity index (χ3v) is 5.31. The number of hydrogen-bond donors (Lipinski definition) is 1. The predicted molar refractivity (Wildman–Crippen MR) is 115 cm³/mol. The lowest BCUT2D eigenvalue weighted by Crippen LogP contribution is -2.24. The van der Waals surface area contributed by atoms with Crippen molar-refractivity contribution in [2.45, 2.75) is 18.8 Å². The van der Waals surface area contributed by atoms with Gasteiger partial charge in [0, 0.05) is 28.7 Å². The summed E-state index contributed by atoms with van der Waals surface area (Å²) in [5.41, 5.74) is 1.25. The lowest BCUT2D eigenvalue weighted by molar-refractivity contribution is -0.137. The summed E-state index contributed by atoms with van der Waals surface area (Å²) in [4.78, 5) is 1.91. The van der Waals surface area contributed by atoms with E-state index in [2.05, 4.69) is 0 Å². The molecule has 3 rings (SSSR count). The van der Waals surface area contributed by atoms with Gasteiger partial charge in [0.2, 0.25) is 0 Å². The number of rotatable bonds is 6. The van der Waals surface area contributed by atoms with E-state index in [1.807, 2.05) is 11.9 Å². The minimum atomic E-state index is -4.46. The van der Waals surface area contributed by atoms with Gasteiger partial charge in [-0.2, -0.15) is 13.2 Å². The van der Waals surface area contributed by atoms with Crippen LogP contribution in [-0.4, -0.2) is 23.6 Å². The summed E-state index contributed by atoms with van der Waals surface area (Å²) in [5.74, 6) is 0. The van der Waals surface area contributed by atoms with Crippen molar-refractivity contribution in [2.24, 2.45) is 0 Å². The van der Waals surface area contributed by atoms with Gasteiger partial charge in [0.05, 0.1) is 11.7 Å². The molecular weight excluding hydrogens is 434 g/mol. The van der Waals surface area contributed by atoms with Crippen molar-refractivity contribution in [3.63, 3.8) is 0 Å². The van der Waals surface area contributed by atoms with Gasteiger partial charge in [-0.15, -0.1) is 0 Å². The molecule has 1 unspecified atom stereocenters. The molecule has 0 saturated heterocycles. The molecule has 0 aliphatic heterocycles. The minimum absolute atomic E-state index is 0.0491. The van der Waals surface area contributed by atoms with E-state index < -0.39 is 17.8 Å². The molecule has 0 spiro atoms. The Morgan fingerprint density at radius 3 is 2.23 bits per heavy atom. The number of benzene rings is 3. The first-order valence-electron chi connectivity index (χ1n) is 9.22. The zero-order chi connectivity index (χ0) is 21.9. The molecular formula is C23H20Cl2F3NO. The van der Waals surface area contributed by atoms with Gasteiger partial charge in [-0.25, -0.2) is 0 Å². The van der Waals surface area contributed by atoms with Crippen LogP contribution in [0.3, 0.4) is 0 Å². The van der Waals surface area contributed by atoms with E-state index in [-0.39, 0.29) is 10.6 Å². The van der Waals surface area contributed by atoms with Gasteiger partial charge >= 0.3 is 6.18 Å². The minimum Gasteiger partial charge on any atom is -0.387 e. The van der Waals surface area contributed by atoms with E-state index in [0.29, 0.717) is 23.7 Å². The van der Waals surface area contributed by atoms with Gasteiger partial charge in [-0.05, 0) is 48.0 Å². The summed E-state index contributed by atoms with van der Waals surface area (Å²) in [6, 6.07) is 17.4. The zero-order valence-electron chi connectivity index (χ0n) is 16.1. The molecule has 0 aliphatic carbocycles. The Balaban J connectivity index is 1.74. The van der Waals surface area contributed by atoms with E-state index >= 15 is 0 Å². The van der Waals surface area contributed by atoms with Crippen LogP contribution in [-0.2, 0) is 12.7 Å². The second-order valence-electron chi connectivity index (χ2n) is 7.12. The zero-order valence-corrected chi connectivity index (χ0v) is 17.6. The fourth-order valence-corrected chi connectivity index (χ4v) is 3.73. The first-order chi connectivity index (χ1) is 14.1. The van der Waals surface area contributed by atoms with Gasteiger partial charge < -0.3 is 5.11 Å². The molecule has 30 heavy (non-hydrogen) atoms. The summed E-state index contributed by atoms with van der Waals surface area (Å²) < 4.78 is 40.0. The maximum absolute atomic E-state index is 13.3. The molecule has 0 bridgehead atoms. The predicted octanol–water partition coefficient (Wildman–Crippen LogP) is 6.84. The van der Waals surface area contributed by atoms with E-state index in [1.54, 1.807) is 48.5 Å². The Bertz CT molecular complexity index is 1010. The van der Waals surface area contributed by atoms with Crippen LogP contribution in [0.15, 0.2) is 66.7 Å². The maximum atomic E-state index is 13.3. The standard InChI is InChI=1S/C23H20Cl2F3NO/c1-29(14-22(30)16-7-9-17(24)10-8-16)13-15-6-11-19(21(25)12-15)18-4-2-3-5-20(18)23(26,27)28/h2-12,22,30H,13-14H2,1H3. The van der Waals surface area contributed by atoms with Crippen LogP contribution in [0, 0.1) is 0 Å². The van der Waals surface area contributed by atoms with E-state index in [4.69, 9.17) is 23.2 Å². The molecule has 7 heteroatoms. The van der Waals surface area contributed by atoms with Gasteiger partial charge in [0.15, 0.2) is 0 Å². The Morgan fingerprint density at radius 2 is 1.60 bits per heavy atom. The summed E-state index contributed by atoms with van der Waals surface area (Å²) >= 11 is 12.2. The number of aliphatic hydroxyl groups is 1. The summed E-state index contributed by atoms with van der Waals surface area (Å²) in [5, 5.41) is 11.2. The lowest BCUT2D eigenvalue weighted by Gasteiger charge is -2.21. The van der Waals surface area contributed by atoms with Gasteiger partial charge in [-0.3, -0.25) is 4.90 Å². The van der Waals surface area contributed by atoms with Crippen LogP contribution in [0.1, 0.15) is 22.8 Å². The van der Waals surface area contributed by atoms with Gasteiger partial charge in [-0.1, -0.05) is 65.7 Å². The van der Waals surface area contributed by atoms with Crippen LogP contribution in [0.5, 0.6) is 0 Å². The number of alkyl halides is 3. The Morgan fingerprint density at radius 1 is 0.933 bits per heavy atom. The molecule has 1 atom stereocenters. The summed E-state index contributed by atoms with van der Waals surface area (Å²) in [7, 11) is 1.85. The number of nitrogens with zero attached hydrogens (tertiary/aromatic N) is 1. The first kappa shape index (κ1) is 22.6. The van der Waals surface area contributed by atoms with Crippen LogP contribution in [0.2, 0.25) is 10.0 Å². The third-order valence-electron chi connectivity index (χ3n) is 4.75. The second kappa shape index (κ2) is 9.40. The smallest absolute Gasteiger partial charge is 0.387 e. The highest BCUT2D eigenvalue weighted by molar-refractivity contribution is 6.33. The van der Waals surface area contributed by atoms with Crippen LogP contribution >= 0.6 is 23.2 Å². The van der Waals surface area contributed by atoms with E-state index in [9.17, 15) is 18.3 Å². The van der Waals surface area contributed by atoms with Crippen molar-refractivity contribution in [2.75, 3.05) is 13.6 Å². The summed E-state index contributed by atoms with van der Waals surface area (Å²) in [6.45, 7) is 0.851. The lowest BCUT2D eigenvalue weighted by atomic mass is 9.98. The van der Waals surface area contributed by atoms with Crippen molar-refractivity contribution in [1.82, 2.24) is 4.90 Å². The first-order valence-corrected chi connectivity index (χ1v) is 9.98. The van der Waals surface area contributed by atoms with Gasteiger partial charge in [0.25, 0.3) is 0 Å². The van der Waals surface area contributed by atoms with Crippen LogP contribution < -0.4 is 0 Å². The van der Waals surface area contributed by atoms with E-state index in [0.717, 1.165) is 17.2 Å². The molecule has 158 valence electrons. The fourth-order valence-electron chi connectivity index (χ4n) is 3.30. The van der Waals surface area contributed by atoms with Crippen molar-refractivity contribution in [3.05, 3.63) is 93.5 Å². The number of likely N-dealkylation sites (N-methyl/N-ethyl adjacent to an activating group) is 1. The molecule has 0 fully saturated rings. The monoisotopic (exact) mass is 453 g/mol. The average Bonchev–Trinajstić information content (AvgIpc) is 2.68. The molecule has 3 aromatic carbocycles. The van der Waals surface area contributed by atoms with Crippen LogP contribution in [0.4, 0.5) is 13.2 Å². The maximum Gasteiger partial charge on any atom is 0.417 e. The van der Waals surface area contributed by atoms with Crippen molar-refractivity contribution in [1.29, 1.82) is 0 Å². The molecule has 0 aliphatic rings. The van der Waals surface area contributed by atoms with E-state index in [1.165, 1.54) is 12.1 Å². The number of halogens is 5. The molecule has 0 radical (unpaired) electrons. The third kappa shape index (κ3) is 5.55. The molecule has 0 heterocycles. The molecule has 2 nitrogen and oxygen atoms in total. The van der Waals surface area contributed by atoms with Crippen LogP contribution in [0.25, 0.3) is 11.1 Å². The highest BCUT2D eigenvalue weighted by Gasteiger charge is 2.33. The summed E-state index contributed by atoms with van der Waals surface area (Å²) in [6.07, 6.45) is -5.16. The molecule has 0 saturated carbocycles. The second-order valence-corrected chi connectivity index (χ2v) is 7.97. The molecule has 0 amide bonds. The Labute approximate surface area is 183 Å². The van der Waals surface area contributed by atoms with Gasteiger partial charge in [0.1, 0.15) is 0 Å². The Hall–Kier alpha value is -2.05. The molecule has 3 aromatic rings. The topological polar surface area (TPSA) is 23.5 Å². The highest BCUT2D eigenvalue weighted by atomic mass is 35.5. The highest BCUT2D eigenvalue weighted by Crippen LogP contribution is 2.39. The quantitative estimate of drug-likeness (QED) is 0.441. The number of aliphatic hydroxyl groups excluding tert-OH is 1. The Kier molecular flexibility index (Phi) is 7.09. The van der Waals surface area contributed by atoms with Crippen molar-refractivity contribution >= 4 is 23.2 Å². The van der Waals surface area contributed by atoms with Crippen molar-refractivity contribution < 1.29 is 18.3 Å². The molecule has 1 N–H and O–H groups in total. The average molecular weight is 454 g/mol.